The van der Waals surface area contributed by atoms with E-state index in [2.05, 4.69) is 9.88 Å². The lowest BCUT2D eigenvalue weighted by Gasteiger charge is -2.29. The zero-order valence-electron chi connectivity index (χ0n) is 19.2. The highest BCUT2D eigenvalue weighted by Gasteiger charge is 2.62. The van der Waals surface area contributed by atoms with E-state index in [1.54, 1.807) is 6.92 Å². The van der Waals surface area contributed by atoms with Crippen LogP contribution in [-0.2, 0) is 21.4 Å². The number of rotatable bonds is 5. The predicted molar refractivity (Wildman–Crippen MR) is 133 cm³/mol. The van der Waals surface area contributed by atoms with Gasteiger partial charge in [-0.3, -0.25) is 9.52 Å². The van der Waals surface area contributed by atoms with Crippen LogP contribution in [0.5, 0.6) is 0 Å². The molecule has 2 unspecified atom stereocenters. The fourth-order valence-corrected chi connectivity index (χ4v) is 5.06. The van der Waals surface area contributed by atoms with Crippen LogP contribution in [0.2, 0.25) is 10.0 Å². The van der Waals surface area contributed by atoms with E-state index in [9.17, 15) is 26.6 Å². The van der Waals surface area contributed by atoms with E-state index in [0.717, 1.165) is 12.1 Å². The fourth-order valence-electron chi connectivity index (χ4n) is 3.80. The molecule has 0 aliphatic carbocycles. The van der Waals surface area contributed by atoms with Gasteiger partial charge in [-0.25, -0.2) is 8.60 Å². The molecule has 0 aromatic heterocycles. The maximum Gasteiger partial charge on any atom is 0.435 e. The number of nitrogens with one attached hydrogen (secondary N) is 1. The molecule has 13 heteroatoms. The minimum atomic E-state index is -4.97. The number of nitriles is 1. The van der Waals surface area contributed by atoms with Gasteiger partial charge in [0.2, 0.25) is 0 Å². The van der Waals surface area contributed by atoms with Gasteiger partial charge in [0.25, 0.3) is 11.5 Å². The number of nitrogens with zero attached hydrogens (tertiary/aromatic N) is 2. The largest absolute Gasteiger partial charge is 0.435 e. The van der Waals surface area contributed by atoms with Crippen molar-refractivity contribution in [2.24, 2.45) is 5.16 Å². The third-order valence-electron chi connectivity index (χ3n) is 5.82. The summed E-state index contributed by atoms with van der Waals surface area (Å²) in [7, 11) is -1.91. The number of hydrogen-bond donors (Lipinski definition) is 1. The lowest BCUT2D eigenvalue weighted by molar-refractivity contribution is -0.275. The van der Waals surface area contributed by atoms with Crippen LogP contribution in [0.4, 0.5) is 17.6 Å². The highest BCUT2D eigenvalue weighted by Crippen LogP contribution is 2.50. The summed E-state index contributed by atoms with van der Waals surface area (Å²) < 4.78 is 71.4. The smallest absolute Gasteiger partial charge is 0.374 e. The standard InChI is InChI=1S/C25H15Cl2F4N3O3S/c1-13-8-15(4-7-18(13)23(35)34-38(36)17-5-2-14(12-32)3-6-17)21-11-24(37-33-21,25(29,30)31)16-9-19(26)22(28)20(27)10-16/h2-10H,11H2,1H3,(H,34,35). The van der Waals surface area contributed by atoms with E-state index in [-0.39, 0.29) is 21.7 Å². The van der Waals surface area contributed by atoms with Crippen LogP contribution in [0.25, 0.3) is 0 Å². The molecular formula is C25H15Cl2F4N3O3S. The topological polar surface area (TPSA) is 91.5 Å². The molecule has 0 radical (unpaired) electrons. The molecule has 0 saturated heterocycles. The molecule has 3 aromatic carbocycles. The highest BCUT2D eigenvalue weighted by atomic mass is 35.5. The van der Waals surface area contributed by atoms with Crippen LogP contribution in [-0.4, -0.2) is 22.0 Å². The van der Waals surface area contributed by atoms with Crippen molar-refractivity contribution in [3.8, 4) is 6.07 Å². The first kappa shape index (κ1) is 27.6. The van der Waals surface area contributed by atoms with Gasteiger partial charge in [0.15, 0.2) is 16.8 Å². The summed E-state index contributed by atoms with van der Waals surface area (Å²) in [6, 6.07) is 13.5. The molecule has 6 nitrogen and oxygen atoms in total. The van der Waals surface area contributed by atoms with Crippen molar-refractivity contribution >= 4 is 45.8 Å². The SMILES string of the molecule is Cc1cc(C2=NOC(c3cc(Cl)c(F)c(Cl)c3)(C(F)(F)F)C2)ccc1C(=O)NS(=O)c1ccc(C#N)cc1. The van der Waals surface area contributed by atoms with E-state index >= 15 is 0 Å². The number of oxime groups is 1. The number of benzene rings is 3. The normalized spacial score (nSPS) is 17.8. The van der Waals surface area contributed by atoms with Crippen LogP contribution in [0.1, 0.15) is 39.0 Å². The first-order valence-electron chi connectivity index (χ1n) is 10.7. The summed E-state index contributed by atoms with van der Waals surface area (Å²) in [5.74, 6) is -1.74. The molecule has 0 bridgehead atoms. The number of alkyl halides is 3. The average molecular weight is 584 g/mol. The first-order valence-corrected chi connectivity index (χ1v) is 12.6. The number of carbonyl (C=O) groups is 1. The Bertz CT molecular complexity index is 1520. The minimum absolute atomic E-state index is 0.0740. The van der Waals surface area contributed by atoms with Crippen molar-refractivity contribution in [1.82, 2.24) is 4.72 Å². The number of aryl methyl sites for hydroxylation is 1. The summed E-state index contributed by atoms with van der Waals surface area (Å²) in [4.78, 5) is 17.9. The lowest BCUT2D eigenvalue weighted by atomic mass is 9.86. The summed E-state index contributed by atoms with van der Waals surface area (Å²) in [6.07, 6.45) is -5.73. The second-order valence-electron chi connectivity index (χ2n) is 8.25. The van der Waals surface area contributed by atoms with Gasteiger partial charge in [-0.1, -0.05) is 34.4 Å². The van der Waals surface area contributed by atoms with Gasteiger partial charge in [-0.15, -0.1) is 0 Å². The van der Waals surface area contributed by atoms with Crippen molar-refractivity contribution in [2.75, 3.05) is 0 Å². The molecule has 4 rings (SSSR count). The van der Waals surface area contributed by atoms with Crippen molar-refractivity contribution in [1.29, 1.82) is 5.26 Å². The third-order valence-corrected chi connectivity index (χ3v) is 7.44. The van der Waals surface area contributed by atoms with Gasteiger partial charge < -0.3 is 4.84 Å². The summed E-state index contributed by atoms with van der Waals surface area (Å²) >= 11 is 11.5. The predicted octanol–water partition coefficient (Wildman–Crippen LogP) is 6.35. The Kier molecular flexibility index (Phi) is 7.52. The van der Waals surface area contributed by atoms with E-state index in [4.69, 9.17) is 33.3 Å². The monoisotopic (exact) mass is 583 g/mol. The van der Waals surface area contributed by atoms with Crippen molar-refractivity contribution < 1.29 is 31.4 Å². The van der Waals surface area contributed by atoms with Gasteiger partial charge >= 0.3 is 6.18 Å². The number of hydrogen-bond acceptors (Lipinski definition) is 5. The highest BCUT2D eigenvalue weighted by molar-refractivity contribution is 7.83. The van der Waals surface area contributed by atoms with Gasteiger partial charge in [0.05, 0.1) is 32.3 Å². The average Bonchev–Trinajstić information content (AvgIpc) is 3.34. The van der Waals surface area contributed by atoms with E-state index < -0.39 is 56.5 Å². The van der Waals surface area contributed by atoms with Crippen molar-refractivity contribution in [3.05, 3.63) is 98.3 Å². The number of halogens is 6. The first-order chi connectivity index (χ1) is 17.9. The van der Waals surface area contributed by atoms with Gasteiger partial charge in [0.1, 0.15) is 0 Å². The molecule has 196 valence electrons. The number of carbonyl (C=O) groups excluding carboxylic acids is 1. The maximum absolute atomic E-state index is 14.2. The zero-order valence-corrected chi connectivity index (χ0v) is 21.5. The Balaban J connectivity index is 1.56. The summed E-state index contributed by atoms with van der Waals surface area (Å²) in [5, 5.41) is 11.3. The summed E-state index contributed by atoms with van der Waals surface area (Å²) in [6.45, 7) is 1.55. The second kappa shape index (κ2) is 10.4. The van der Waals surface area contributed by atoms with Gasteiger partial charge in [-0.2, -0.15) is 18.4 Å². The Hall–Kier alpha value is -3.46. The van der Waals surface area contributed by atoms with E-state index in [0.29, 0.717) is 11.1 Å². The molecular weight excluding hydrogens is 569 g/mol. The summed E-state index contributed by atoms with van der Waals surface area (Å²) in [5.41, 5.74) is -2.43. The quantitative estimate of drug-likeness (QED) is 0.280. The van der Waals surface area contributed by atoms with E-state index in [1.807, 2.05) is 6.07 Å². The minimum Gasteiger partial charge on any atom is -0.374 e. The van der Waals surface area contributed by atoms with Crippen LogP contribution in [0, 0.1) is 24.1 Å². The molecule has 38 heavy (non-hydrogen) atoms. The van der Waals surface area contributed by atoms with Gasteiger partial charge in [-0.05, 0) is 66.6 Å². The molecule has 1 aliphatic rings. The number of amides is 1. The van der Waals surface area contributed by atoms with Crippen molar-refractivity contribution in [2.45, 2.75) is 30.0 Å². The molecule has 0 saturated carbocycles. The van der Waals surface area contributed by atoms with Crippen LogP contribution >= 0.6 is 23.2 Å². The van der Waals surface area contributed by atoms with Gasteiger partial charge in [0, 0.05) is 17.5 Å². The Morgan fingerprint density at radius 2 is 1.76 bits per heavy atom. The molecule has 3 aromatic rings. The lowest BCUT2D eigenvalue weighted by Crippen LogP contribution is -2.42. The molecule has 1 amide bonds. The Morgan fingerprint density at radius 3 is 2.32 bits per heavy atom. The molecule has 0 fully saturated rings. The molecule has 2 atom stereocenters. The second-order valence-corrected chi connectivity index (χ2v) is 10.3. The zero-order chi connectivity index (χ0) is 27.8. The molecule has 1 aliphatic heterocycles. The van der Waals surface area contributed by atoms with Crippen LogP contribution in [0.15, 0.2) is 64.6 Å². The third kappa shape index (κ3) is 5.12. The molecule has 1 heterocycles. The van der Waals surface area contributed by atoms with E-state index in [1.165, 1.54) is 42.5 Å². The molecule has 0 spiro atoms. The van der Waals surface area contributed by atoms with Crippen molar-refractivity contribution in [3.63, 3.8) is 0 Å². The Morgan fingerprint density at radius 1 is 1.13 bits per heavy atom. The fraction of sp³-hybridized carbons (Fsp3) is 0.160. The van der Waals surface area contributed by atoms with Crippen LogP contribution < -0.4 is 4.72 Å². The molecule has 1 N–H and O–H groups in total. The maximum atomic E-state index is 14.2. The Labute approximate surface area is 226 Å². The van der Waals surface area contributed by atoms with Crippen LogP contribution in [0.3, 0.4) is 0 Å².